The maximum atomic E-state index is 11.1. The van der Waals surface area contributed by atoms with Gasteiger partial charge in [0.1, 0.15) is 6.29 Å². The smallest absolute Gasteiger partial charge is 0.123 e. The van der Waals surface area contributed by atoms with Crippen molar-refractivity contribution in [1.82, 2.24) is 0 Å². The van der Waals surface area contributed by atoms with E-state index in [0.717, 1.165) is 12.3 Å². The lowest BCUT2D eigenvalue weighted by atomic mass is 9.68. The highest BCUT2D eigenvalue weighted by molar-refractivity contribution is 5.54. The van der Waals surface area contributed by atoms with Crippen LogP contribution >= 0.6 is 0 Å². The third-order valence-corrected chi connectivity index (χ3v) is 4.71. The fourth-order valence-electron chi connectivity index (χ4n) is 3.69. The summed E-state index contributed by atoms with van der Waals surface area (Å²) < 4.78 is 5.41. The zero-order chi connectivity index (χ0) is 11.4. The topological polar surface area (TPSA) is 26.3 Å². The highest BCUT2D eigenvalue weighted by atomic mass is 16.5. The summed E-state index contributed by atoms with van der Waals surface area (Å²) in [5.41, 5.74) is 0. The minimum atomic E-state index is 0.359. The van der Waals surface area contributed by atoms with Gasteiger partial charge >= 0.3 is 0 Å². The van der Waals surface area contributed by atoms with E-state index in [1.807, 2.05) is 7.11 Å². The summed E-state index contributed by atoms with van der Waals surface area (Å²) >= 11 is 0. The fraction of sp³-hybridized carbons (Fsp3) is 0.929. The standard InChI is InChI=1S/C14H24O2/c1-16-13-8-6-11(7-9-13)14-5-3-2-4-12(14)10-15/h10-14H,2-9H2,1H3. The van der Waals surface area contributed by atoms with E-state index in [9.17, 15) is 4.79 Å². The number of carbonyl (C=O) groups is 1. The van der Waals surface area contributed by atoms with Crippen LogP contribution in [0.3, 0.4) is 0 Å². The van der Waals surface area contributed by atoms with Gasteiger partial charge in [-0.3, -0.25) is 0 Å². The first kappa shape index (κ1) is 12.1. The van der Waals surface area contributed by atoms with Crippen LogP contribution in [0.1, 0.15) is 51.4 Å². The summed E-state index contributed by atoms with van der Waals surface area (Å²) in [6.07, 6.45) is 11.7. The van der Waals surface area contributed by atoms with Gasteiger partial charge in [0.15, 0.2) is 0 Å². The molecule has 2 saturated carbocycles. The lowest BCUT2D eigenvalue weighted by molar-refractivity contribution is -0.114. The Hall–Kier alpha value is -0.370. The van der Waals surface area contributed by atoms with Crippen molar-refractivity contribution in [2.24, 2.45) is 17.8 Å². The predicted molar refractivity (Wildman–Crippen MR) is 64.3 cm³/mol. The normalized spacial score (nSPS) is 40.6. The van der Waals surface area contributed by atoms with Gasteiger partial charge in [0.05, 0.1) is 6.10 Å². The van der Waals surface area contributed by atoms with Crippen LogP contribution in [-0.2, 0) is 9.53 Å². The molecule has 2 heteroatoms. The van der Waals surface area contributed by atoms with E-state index >= 15 is 0 Å². The van der Waals surface area contributed by atoms with Crippen LogP contribution in [0.5, 0.6) is 0 Å². The van der Waals surface area contributed by atoms with Gasteiger partial charge in [-0.15, -0.1) is 0 Å². The second kappa shape index (κ2) is 5.81. The Balaban J connectivity index is 1.88. The van der Waals surface area contributed by atoms with Crippen molar-refractivity contribution in [2.75, 3.05) is 7.11 Å². The van der Waals surface area contributed by atoms with Crippen molar-refractivity contribution in [3.8, 4) is 0 Å². The fourth-order valence-corrected chi connectivity index (χ4v) is 3.69. The second-order valence-electron chi connectivity index (χ2n) is 5.52. The van der Waals surface area contributed by atoms with Gasteiger partial charge in [-0.2, -0.15) is 0 Å². The van der Waals surface area contributed by atoms with Crippen molar-refractivity contribution in [3.05, 3.63) is 0 Å². The first-order valence-electron chi connectivity index (χ1n) is 6.83. The average Bonchev–Trinajstić information content (AvgIpc) is 2.39. The summed E-state index contributed by atoms with van der Waals surface area (Å²) in [4.78, 5) is 11.1. The molecule has 2 aliphatic carbocycles. The lowest BCUT2D eigenvalue weighted by Crippen LogP contribution is -2.32. The van der Waals surface area contributed by atoms with Gasteiger partial charge in [-0.1, -0.05) is 12.8 Å². The number of methoxy groups -OCH3 is 1. The van der Waals surface area contributed by atoms with Gasteiger partial charge in [0.25, 0.3) is 0 Å². The predicted octanol–water partition coefficient (Wildman–Crippen LogP) is 3.20. The molecule has 0 amide bonds. The lowest BCUT2D eigenvalue weighted by Gasteiger charge is -2.38. The molecule has 0 aromatic rings. The number of ether oxygens (including phenoxy) is 1. The molecule has 2 nitrogen and oxygen atoms in total. The molecule has 0 spiro atoms. The molecule has 0 aromatic heterocycles. The van der Waals surface area contributed by atoms with E-state index in [-0.39, 0.29) is 0 Å². The molecule has 2 rings (SSSR count). The molecule has 0 N–H and O–H groups in total. The zero-order valence-electron chi connectivity index (χ0n) is 10.4. The van der Waals surface area contributed by atoms with Crippen LogP contribution in [0.15, 0.2) is 0 Å². The average molecular weight is 224 g/mol. The Kier molecular flexibility index (Phi) is 4.39. The number of carbonyl (C=O) groups excluding carboxylic acids is 1. The SMILES string of the molecule is COC1CCC(C2CCCCC2C=O)CC1. The summed E-state index contributed by atoms with van der Waals surface area (Å²) in [6.45, 7) is 0. The first-order valence-corrected chi connectivity index (χ1v) is 6.83. The molecular weight excluding hydrogens is 200 g/mol. The number of hydrogen-bond donors (Lipinski definition) is 0. The van der Waals surface area contributed by atoms with Gasteiger partial charge in [-0.05, 0) is 50.4 Å². The maximum absolute atomic E-state index is 11.1. The Morgan fingerprint density at radius 1 is 1.00 bits per heavy atom. The maximum Gasteiger partial charge on any atom is 0.123 e. The van der Waals surface area contributed by atoms with Crippen molar-refractivity contribution >= 4 is 6.29 Å². The van der Waals surface area contributed by atoms with Crippen LogP contribution in [0.25, 0.3) is 0 Å². The van der Waals surface area contributed by atoms with Crippen LogP contribution in [0.4, 0.5) is 0 Å². The molecule has 0 aliphatic heterocycles. The summed E-state index contributed by atoms with van der Waals surface area (Å²) in [5.74, 6) is 1.84. The third kappa shape index (κ3) is 2.65. The molecular formula is C14H24O2. The van der Waals surface area contributed by atoms with Gasteiger partial charge in [0, 0.05) is 13.0 Å². The van der Waals surface area contributed by atoms with Crippen molar-refractivity contribution < 1.29 is 9.53 Å². The molecule has 0 aromatic carbocycles. The number of hydrogen-bond acceptors (Lipinski definition) is 2. The van der Waals surface area contributed by atoms with E-state index in [1.165, 1.54) is 51.2 Å². The molecule has 2 unspecified atom stereocenters. The van der Waals surface area contributed by atoms with Gasteiger partial charge in [0.2, 0.25) is 0 Å². The van der Waals surface area contributed by atoms with E-state index in [4.69, 9.17) is 4.74 Å². The summed E-state index contributed by atoms with van der Waals surface area (Å²) in [6, 6.07) is 0. The molecule has 0 radical (unpaired) electrons. The molecule has 0 heterocycles. The highest BCUT2D eigenvalue weighted by Crippen LogP contribution is 2.41. The monoisotopic (exact) mass is 224 g/mol. The largest absolute Gasteiger partial charge is 0.381 e. The van der Waals surface area contributed by atoms with Crippen molar-refractivity contribution in [2.45, 2.75) is 57.5 Å². The van der Waals surface area contributed by atoms with Crippen LogP contribution < -0.4 is 0 Å². The Morgan fingerprint density at radius 3 is 2.31 bits per heavy atom. The Labute approximate surface area is 98.7 Å². The van der Waals surface area contributed by atoms with Gasteiger partial charge < -0.3 is 9.53 Å². The van der Waals surface area contributed by atoms with E-state index in [1.54, 1.807) is 0 Å². The Morgan fingerprint density at radius 2 is 1.69 bits per heavy atom. The zero-order valence-corrected chi connectivity index (χ0v) is 10.4. The molecule has 2 aliphatic rings. The van der Waals surface area contributed by atoms with Crippen molar-refractivity contribution in [1.29, 1.82) is 0 Å². The van der Waals surface area contributed by atoms with E-state index in [0.29, 0.717) is 17.9 Å². The van der Waals surface area contributed by atoms with Crippen LogP contribution in [0, 0.1) is 17.8 Å². The molecule has 0 bridgehead atoms. The third-order valence-electron chi connectivity index (χ3n) is 4.71. The molecule has 0 saturated heterocycles. The van der Waals surface area contributed by atoms with Gasteiger partial charge in [-0.25, -0.2) is 0 Å². The first-order chi connectivity index (χ1) is 7.85. The highest BCUT2D eigenvalue weighted by Gasteiger charge is 2.33. The molecule has 2 fully saturated rings. The second-order valence-corrected chi connectivity index (χ2v) is 5.52. The summed E-state index contributed by atoms with van der Waals surface area (Å²) in [7, 11) is 1.82. The Bertz CT molecular complexity index is 219. The van der Waals surface area contributed by atoms with Crippen LogP contribution in [-0.4, -0.2) is 19.5 Å². The van der Waals surface area contributed by atoms with E-state index in [2.05, 4.69) is 0 Å². The van der Waals surface area contributed by atoms with E-state index < -0.39 is 0 Å². The minimum Gasteiger partial charge on any atom is -0.381 e. The number of rotatable bonds is 3. The summed E-state index contributed by atoms with van der Waals surface area (Å²) in [5, 5.41) is 0. The number of aldehydes is 1. The molecule has 92 valence electrons. The molecule has 16 heavy (non-hydrogen) atoms. The van der Waals surface area contributed by atoms with Crippen LogP contribution in [0.2, 0.25) is 0 Å². The minimum absolute atomic E-state index is 0.359. The molecule has 2 atom stereocenters. The quantitative estimate of drug-likeness (QED) is 0.688. The van der Waals surface area contributed by atoms with Crippen molar-refractivity contribution in [3.63, 3.8) is 0 Å².